The molecule has 5 nitrogen and oxygen atoms in total. The van der Waals surface area contributed by atoms with E-state index in [1.54, 1.807) is 20.8 Å². The number of aliphatic hydroxyl groups is 1. The van der Waals surface area contributed by atoms with Gasteiger partial charge in [0.1, 0.15) is 11.7 Å². The molecule has 0 heterocycles. The highest BCUT2D eigenvalue weighted by Gasteiger charge is 2.31. The number of hydrogen-bond donors (Lipinski definition) is 2. The van der Waals surface area contributed by atoms with Crippen LogP contribution in [0.15, 0.2) is 0 Å². The van der Waals surface area contributed by atoms with E-state index >= 15 is 0 Å². The molecule has 0 aromatic rings. The van der Waals surface area contributed by atoms with Crippen molar-refractivity contribution in [1.29, 1.82) is 0 Å². The Morgan fingerprint density at radius 2 is 1.75 bits per heavy atom. The van der Waals surface area contributed by atoms with Gasteiger partial charge < -0.3 is 15.2 Å². The van der Waals surface area contributed by atoms with Crippen LogP contribution in [0, 0.1) is 11.8 Å². The average molecular weight is 341 g/mol. The zero-order chi connectivity index (χ0) is 18.3. The van der Waals surface area contributed by atoms with E-state index in [2.05, 4.69) is 5.32 Å². The van der Waals surface area contributed by atoms with Crippen molar-refractivity contribution in [2.75, 3.05) is 0 Å². The number of aliphatic hydroxyl groups excluding tert-OH is 1. The van der Waals surface area contributed by atoms with Crippen LogP contribution in [0.4, 0.5) is 4.79 Å². The molecule has 1 fully saturated rings. The van der Waals surface area contributed by atoms with Gasteiger partial charge in [0.05, 0.1) is 6.04 Å². The van der Waals surface area contributed by atoms with E-state index in [1.807, 2.05) is 13.8 Å². The molecular weight excluding hydrogens is 306 g/mol. The molecule has 0 aromatic carbocycles. The Morgan fingerprint density at radius 1 is 1.17 bits per heavy atom. The van der Waals surface area contributed by atoms with Crippen LogP contribution in [0.1, 0.15) is 79.6 Å². The van der Waals surface area contributed by atoms with Crippen LogP contribution < -0.4 is 5.32 Å². The number of carbonyl (C=O) groups is 2. The lowest BCUT2D eigenvalue weighted by Crippen LogP contribution is -2.49. The van der Waals surface area contributed by atoms with Crippen LogP contribution in [0.5, 0.6) is 0 Å². The molecule has 0 radical (unpaired) electrons. The minimum Gasteiger partial charge on any atom is -0.444 e. The van der Waals surface area contributed by atoms with E-state index in [9.17, 15) is 14.7 Å². The minimum absolute atomic E-state index is 0.184. The first-order chi connectivity index (χ1) is 11.1. The third-order valence-electron chi connectivity index (χ3n) is 4.33. The van der Waals surface area contributed by atoms with Crippen molar-refractivity contribution in [3.05, 3.63) is 0 Å². The van der Waals surface area contributed by atoms with Gasteiger partial charge in [-0.15, -0.1) is 0 Å². The smallest absolute Gasteiger partial charge is 0.407 e. The maximum Gasteiger partial charge on any atom is 0.407 e. The first-order valence-corrected chi connectivity index (χ1v) is 9.28. The maximum atomic E-state index is 12.3. The average Bonchev–Trinajstić information content (AvgIpc) is 2.44. The standard InChI is InChI=1S/C19H35NO4/c1-13(2)11-16(21)17(22)15(12-14-9-7-6-8-10-14)20-18(23)24-19(3,4)5/h13-15,17,22H,6-12H2,1-5H3,(H,20,23)/t15-,17+/m0/s1. The Hall–Kier alpha value is -1.10. The number of hydrogen-bond acceptors (Lipinski definition) is 4. The van der Waals surface area contributed by atoms with Crippen molar-refractivity contribution in [1.82, 2.24) is 5.32 Å². The van der Waals surface area contributed by atoms with Gasteiger partial charge in [0.15, 0.2) is 5.78 Å². The normalized spacial score (nSPS) is 19.0. The lowest BCUT2D eigenvalue weighted by molar-refractivity contribution is -0.129. The number of carbonyl (C=O) groups excluding carboxylic acids is 2. The number of rotatable bonds is 7. The second-order valence-corrected chi connectivity index (χ2v) is 8.50. The van der Waals surface area contributed by atoms with Crippen LogP contribution in [0.2, 0.25) is 0 Å². The fourth-order valence-electron chi connectivity index (χ4n) is 3.26. The van der Waals surface area contributed by atoms with Crippen molar-refractivity contribution in [2.24, 2.45) is 11.8 Å². The quantitative estimate of drug-likeness (QED) is 0.738. The first kappa shape index (κ1) is 20.9. The van der Waals surface area contributed by atoms with Crippen LogP contribution in [-0.4, -0.2) is 34.7 Å². The summed E-state index contributed by atoms with van der Waals surface area (Å²) in [5.41, 5.74) is -0.605. The monoisotopic (exact) mass is 341 g/mol. The molecule has 24 heavy (non-hydrogen) atoms. The second-order valence-electron chi connectivity index (χ2n) is 8.50. The van der Waals surface area contributed by atoms with Crippen LogP contribution in [-0.2, 0) is 9.53 Å². The van der Waals surface area contributed by atoms with Crippen molar-refractivity contribution < 1.29 is 19.4 Å². The largest absolute Gasteiger partial charge is 0.444 e. The summed E-state index contributed by atoms with van der Waals surface area (Å²) in [6, 6.07) is -0.575. The molecule has 5 heteroatoms. The summed E-state index contributed by atoms with van der Waals surface area (Å²) in [5, 5.41) is 13.2. The molecule has 0 aromatic heterocycles. The molecule has 2 N–H and O–H groups in total. The molecule has 2 atom stereocenters. The lowest BCUT2D eigenvalue weighted by Gasteiger charge is -2.30. The fraction of sp³-hybridized carbons (Fsp3) is 0.895. The van der Waals surface area contributed by atoms with Gasteiger partial charge in [0.25, 0.3) is 0 Å². The zero-order valence-corrected chi connectivity index (χ0v) is 15.9. The van der Waals surface area contributed by atoms with Gasteiger partial charge >= 0.3 is 6.09 Å². The number of nitrogens with one attached hydrogen (secondary N) is 1. The molecular formula is C19H35NO4. The Bertz CT molecular complexity index is 408. The van der Waals surface area contributed by atoms with Gasteiger partial charge in [0.2, 0.25) is 0 Å². The molecule has 0 bridgehead atoms. The van der Waals surface area contributed by atoms with Crippen LogP contribution in [0.25, 0.3) is 0 Å². The predicted molar refractivity (Wildman–Crippen MR) is 94.8 cm³/mol. The Labute approximate surface area is 146 Å². The molecule has 1 aliphatic carbocycles. The summed E-state index contributed by atoms with van der Waals surface area (Å²) in [6.45, 7) is 9.28. The molecule has 140 valence electrons. The summed E-state index contributed by atoms with van der Waals surface area (Å²) < 4.78 is 5.30. The third kappa shape index (κ3) is 8.13. The predicted octanol–water partition coefficient (Wildman–Crippen LogP) is 3.83. The highest BCUT2D eigenvalue weighted by atomic mass is 16.6. The van der Waals surface area contributed by atoms with Gasteiger partial charge in [-0.2, -0.15) is 0 Å². The summed E-state index contributed by atoms with van der Waals surface area (Å²) in [5.74, 6) is 0.422. The van der Waals surface area contributed by atoms with Crippen molar-refractivity contribution >= 4 is 11.9 Å². The van der Waals surface area contributed by atoms with Crippen LogP contribution >= 0.6 is 0 Å². The van der Waals surface area contributed by atoms with Crippen molar-refractivity contribution in [3.8, 4) is 0 Å². The fourth-order valence-corrected chi connectivity index (χ4v) is 3.26. The Morgan fingerprint density at radius 3 is 2.25 bits per heavy atom. The molecule has 0 aliphatic heterocycles. The van der Waals surface area contributed by atoms with Gasteiger partial charge in [-0.3, -0.25) is 4.79 Å². The SMILES string of the molecule is CC(C)CC(=O)[C@H](O)[C@H](CC1CCCCC1)NC(=O)OC(C)(C)C. The molecule has 0 saturated heterocycles. The summed E-state index contributed by atoms with van der Waals surface area (Å²) in [4.78, 5) is 24.4. The highest BCUT2D eigenvalue weighted by Crippen LogP contribution is 2.28. The van der Waals surface area contributed by atoms with E-state index in [4.69, 9.17) is 4.74 Å². The van der Waals surface area contributed by atoms with Gasteiger partial charge in [0, 0.05) is 6.42 Å². The number of amides is 1. The molecule has 0 spiro atoms. The molecule has 1 amide bonds. The van der Waals surface area contributed by atoms with Crippen LogP contribution in [0.3, 0.4) is 0 Å². The van der Waals surface area contributed by atoms with E-state index < -0.39 is 23.8 Å². The van der Waals surface area contributed by atoms with E-state index in [1.165, 1.54) is 19.3 Å². The molecule has 1 saturated carbocycles. The first-order valence-electron chi connectivity index (χ1n) is 9.28. The molecule has 1 aliphatic rings. The summed E-state index contributed by atoms with van der Waals surface area (Å²) >= 11 is 0. The number of ether oxygens (including phenoxy) is 1. The summed E-state index contributed by atoms with van der Waals surface area (Å²) in [6.07, 6.45) is 5.01. The number of alkyl carbamates (subject to hydrolysis) is 1. The topological polar surface area (TPSA) is 75.6 Å². The number of Topliss-reactive ketones (excluding diaryl/α,β-unsaturated/α-hetero) is 1. The highest BCUT2D eigenvalue weighted by molar-refractivity contribution is 5.84. The Kier molecular flexibility index (Phi) is 8.20. The minimum atomic E-state index is -1.16. The van der Waals surface area contributed by atoms with Gasteiger partial charge in [-0.05, 0) is 39.0 Å². The van der Waals surface area contributed by atoms with E-state index in [0.717, 1.165) is 12.8 Å². The lowest BCUT2D eigenvalue weighted by atomic mass is 9.83. The van der Waals surface area contributed by atoms with Crippen molar-refractivity contribution in [3.63, 3.8) is 0 Å². The Balaban J connectivity index is 2.73. The third-order valence-corrected chi connectivity index (χ3v) is 4.33. The van der Waals surface area contributed by atoms with Crippen molar-refractivity contribution in [2.45, 2.75) is 97.3 Å². The van der Waals surface area contributed by atoms with E-state index in [0.29, 0.717) is 18.8 Å². The van der Waals surface area contributed by atoms with Gasteiger partial charge in [-0.25, -0.2) is 4.79 Å². The van der Waals surface area contributed by atoms with E-state index in [-0.39, 0.29) is 11.7 Å². The van der Waals surface area contributed by atoms with Gasteiger partial charge in [-0.1, -0.05) is 46.0 Å². The maximum absolute atomic E-state index is 12.3. The number of ketones is 1. The molecule has 1 rings (SSSR count). The zero-order valence-electron chi connectivity index (χ0n) is 15.9. The molecule has 0 unspecified atom stereocenters. The second kappa shape index (κ2) is 9.40. The summed E-state index contributed by atoms with van der Waals surface area (Å²) in [7, 11) is 0.